The molecule has 0 aliphatic rings. The molecule has 3 aromatic rings. The van der Waals surface area contributed by atoms with Crippen molar-refractivity contribution in [1.29, 1.82) is 0 Å². The second-order valence-electron chi connectivity index (χ2n) is 8.03. The van der Waals surface area contributed by atoms with Crippen molar-refractivity contribution in [2.24, 2.45) is 0 Å². The number of methoxy groups -OCH3 is 2. The van der Waals surface area contributed by atoms with E-state index in [1.165, 1.54) is 46.7 Å². The number of benzene rings is 2. The summed E-state index contributed by atoms with van der Waals surface area (Å²) in [5.41, 5.74) is 1.11. The van der Waals surface area contributed by atoms with Crippen LogP contribution in [0.2, 0.25) is 0 Å². The minimum Gasteiger partial charge on any atom is -0.493 e. The number of aromatic nitrogens is 1. The zero-order chi connectivity index (χ0) is 26.5. The Labute approximate surface area is 210 Å². The van der Waals surface area contributed by atoms with Gasteiger partial charge in [0.1, 0.15) is 5.70 Å². The van der Waals surface area contributed by atoms with Crippen LogP contribution in [0.5, 0.6) is 11.5 Å². The summed E-state index contributed by atoms with van der Waals surface area (Å²) in [4.78, 5) is 26.0. The predicted octanol–water partition coefficient (Wildman–Crippen LogP) is 2.61. The fourth-order valence-electron chi connectivity index (χ4n) is 3.48. The van der Waals surface area contributed by atoms with Gasteiger partial charge < -0.3 is 20.1 Å². The largest absolute Gasteiger partial charge is 0.493 e. The Balaban J connectivity index is 2.09. The molecule has 0 aliphatic heterocycles. The average Bonchev–Trinajstić information content (AvgIpc) is 3.25. The summed E-state index contributed by atoms with van der Waals surface area (Å²) >= 11 is 0. The van der Waals surface area contributed by atoms with Gasteiger partial charge >= 0.3 is 10.2 Å². The summed E-state index contributed by atoms with van der Waals surface area (Å²) in [6.07, 6.45) is 3.59. The van der Waals surface area contributed by atoms with E-state index in [1.807, 2.05) is 6.92 Å². The molecule has 0 atom stereocenters. The van der Waals surface area contributed by atoms with Gasteiger partial charge in [0.05, 0.1) is 19.7 Å². The molecule has 1 heterocycles. The molecule has 0 fully saturated rings. The van der Waals surface area contributed by atoms with E-state index in [-0.39, 0.29) is 11.3 Å². The number of para-hydroxylation sites is 1. The van der Waals surface area contributed by atoms with Crippen molar-refractivity contribution < 1.29 is 27.5 Å². The van der Waals surface area contributed by atoms with Crippen molar-refractivity contribution in [1.82, 2.24) is 18.9 Å². The van der Waals surface area contributed by atoms with Crippen molar-refractivity contribution in [2.45, 2.75) is 13.3 Å². The Hall–Kier alpha value is -3.83. The summed E-state index contributed by atoms with van der Waals surface area (Å²) in [6.45, 7) is 2.31. The first kappa shape index (κ1) is 26.8. The predicted molar refractivity (Wildman–Crippen MR) is 138 cm³/mol. The topological polar surface area (TPSA) is 119 Å². The van der Waals surface area contributed by atoms with E-state index < -0.39 is 22.0 Å². The molecule has 0 spiro atoms. The van der Waals surface area contributed by atoms with Gasteiger partial charge in [-0.05, 0) is 36.8 Å². The molecule has 0 bridgehead atoms. The second kappa shape index (κ2) is 11.3. The van der Waals surface area contributed by atoms with Crippen LogP contribution in [0.15, 0.2) is 54.4 Å². The Kier molecular flexibility index (Phi) is 8.38. The molecule has 0 saturated carbocycles. The number of rotatable bonds is 10. The third kappa shape index (κ3) is 5.52. The van der Waals surface area contributed by atoms with Gasteiger partial charge in [0.2, 0.25) is 0 Å². The number of nitrogens with one attached hydrogen (secondary N) is 2. The molecule has 0 aliphatic carbocycles. The van der Waals surface area contributed by atoms with Crippen LogP contribution in [0.3, 0.4) is 0 Å². The van der Waals surface area contributed by atoms with Crippen LogP contribution in [0.1, 0.15) is 29.3 Å². The van der Waals surface area contributed by atoms with Crippen LogP contribution >= 0.6 is 0 Å². The van der Waals surface area contributed by atoms with E-state index in [0.29, 0.717) is 40.9 Å². The molecular weight excluding hydrogens is 484 g/mol. The molecule has 2 N–H and O–H groups in total. The van der Waals surface area contributed by atoms with E-state index in [9.17, 15) is 18.0 Å². The van der Waals surface area contributed by atoms with Gasteiger partial charge in [0, 0.05) is 43.4 Å². The fourth-order valence-corrected chi connectivity index (χ4v) is 4.48. The van der Waals surface area contributed by atoms with Crippen LogP contribution in [-0.4, -0.2) is 63.4 Å². The first-order chi connectivity index (χ1) is 17.1. The van der Waals surface area contributed by atoms with Crippen molar-refractivity contribution in [3.8, 4) is 11.5 Å². The third-order valence-electron chi connectivity index (χ3n) is 5.39. The standard InChI is InChI=1S/C25H30N4O6S/c1-6-13-26-25(31)20(27-24(30)17-11-12-22(34-4)23(15-17)35-5)14-18-16-29(36(32,33)28(2)3)21-10-8-7-9-19(18)21/h7-12,14-16H,6,13H2,1-5H3,(H,26,31)(H,27,30)/b20-14-. The minimum absolute atomic E-state index is 0.0339. The van der Waals surface area contributed by atoms with Crippen molar-refractivity contribution in [3.05, 3.63) is 65.5 Å². The summed E-state index contributed by atoms with van der Waals surface area (Å²) in [7, 11) is 2.00. The SMILES string of the molecule is CCCNC(=O)/C(=C/c1cn(S(=O)(=O)N(C)C)c2ccccc12)NC(=O)c1ccc(OC)c(OC)c1. The molecule has 3 rings (SSSR count). The van der Waals surface area contributed by atoms with Gasteiger partial charge in [-0.25, -0.2) is 3.97 Å². The third-order valence-corrected chi connectivity index (χ3v) is 7.11. The zero-order valence-electron chi connectivity index (χ0n) is 20.9. The fraction of sp³-hybridized carbons (Fsp3) is 0.280. The molecule has 10 nitrogen and oxygen atoms in total. The maximum Gasteiger partial charge on any atom is 0.307 e. The zero-order valence-corrected chi connectivity index (χ0v) is 21.7. The number of hydrogen-bond donors (Lipinski definition) is 2. The molecule has 192 valence electrons. The highest BCUT2D eigenvalue weighted by atomic mass is 32.2. The van der Waals surface area contributed by atoms with E-state index in [2.05, 4.69) is 10.6 Å². The van der Waals surface area contributed by atoms with E-state index >= 15 is 0 Å². The summed E-state index contributed by atoms with van der Waals surface area (Å²) < 4.78 is 38.5. The number of amides is 2. The first-order valence-corrected chi connectivity index (χ1v) is 12.6. The van der Waals surface area contributed by atoms with E-state index in [4.69, 9.17) is 9.47 Å². The average molecular weight is 515 g/mol. The Morgan fingerprint density at radius 3 is 2.39 bits per heavy atom. The molecule has 0 radical (unpaired) electrons. The normalized spacial score (nSPS) is 12.0. The number of hydrogen-bond acceptors (Lipinski definition) is 6. The smallest absolute Gasteiger partial charge is 0.307 e. The monoisotopic (exact) mass is 514 g/mol. The molecular formula is C25H30N4O6S. The van der Waals surface area contributed by atoms with Crippen LogP contribution in [0, 0.1) is 0 Å². The van der Waals surface area contributed by atoms with Gasteiger partial charge in [-0.2, -0.15) is 12.7 Å². The molecule has 2 aromatic carbocycles. The van der Waals surface area contributed by atoms with Gasteiger partial charge in [-0.15, -0.1) is 0 Å². The first-order valence-electron chi connectivity index (χ1n) is 11.2. The Bertz CT molecular complexity index is 1410. The molecule has 11 heteroatoms. The highest BCUT2D eigenvalue weighted by Crippen LogP contribution is 2.28. The van der Waals surface area contributed by atoms with Crippen molar-refractivity contribution in [2.75, 3.05) is 34.9 Å². The van der Waals surface area contributed by atoms with Crippen LogP contribution in [0.25, 0.3) is 17.0 Å². The lowest BCUT2D eigenvalue weighted by Gasteiger charge is -2.13. The Morgan fingerprint density at radius 2 is 1.75 bits per heavy atom. The van der Waals surface area contributed by atoms with E-state index in [0.717, 1.165) is 8.28 Å². The van der Waals surface area contributed by atoms with Crippen LogP contribution in [-0.2, 0) is 15.0 Å². The molecule has 0 unspecified atom stereocenters. The minimum atomic E-state index is -3.83. The number of carbonyl (C=O) groups is 2. The van der Waals surface area contributed by atoms with Crippen molar-refractivity contribution in [3.63, 3.8) is 0 Å². The molecule has 36 heavy (non-hydrogen) atoms. The maximum absolute atomic E-state index is 13.1. The van der Waals surface area contributed by atoms with Crippen LogP contribution < -0.4 is 20.1 Å². The number of ether oxygens (including phenoxy) is 2. The lowest BCUT2D eigenvalue weighted by Crippen LogP contribution is -2.35. The van der Waals surface area contributed by atoms with Crippen molar-refractivity contribution >= 4 is 39.0 Å². The lowest BCUT2D eigenvalue weighted by molar-refractivity contribution is -0.117. The molecule has 2 amide bonds. The summed E-state index contributed by atoms with van der Waals surface area (Å²) in [5, 5.41) is 6.01. The van der Waals surface area contributed by atoms with Crippen LogP contribution in [0.4, 0.5) is 0 Å². The van der Waals surface area contributed by atoms with E-state index in [1.54, 1.807) is 36.4 Å². The highest BCUT2D eigenvalue weighted by molar-refractivity contribution is 7.87. The van der Waals surface area contributed by atoms with Gasteiger partial charge in [-0.1, -0.05) is 25.1 Å². The second-order valence-corrected chi connectivity index (χ2v) is 10.0. The maximum atomic E-state index is 13.1. The highest BCUT2D eigenvalue weighted by Gasteiger charge is 2.22. The number of carbonyl (C=O) groups excluding carboxylic acids is 2. The lowest BCUT2D eigenvalue weighted by atomic mass is 10.1. The Morgan fingerprint density at radius 1 is 1.06 bits per heavy atom. The summed E-state index contributed by atoms with van der Waals surface area (Å²) in [6, 6.07) is 11.6. The number of fused-ring (bicyclic) bond motifs is 1. The van der Waals surface area contributed by atoms with Gasteiger partial charge in [-0.3, -0.25) is 9.59 Å². The molecule has 1 aromatic heterocycles. The summed E-state index contributed by atoms with van der Waals surface area (Å²) in [5.74, 6) is -0.222. The molecule has 0 saturated heterocycles. The van der Waals surface area contributed by atoms with Gasteiger partial charge in [0.25, 0.3) is 11.8 Å². The quantitative estimate of drug-likeness (QED) is 0.402. The number of nitrogens with zero attached hydrogens (tertiary/aromatic N) is 2. The van der Waals surface area contributed by atoms with Gasteiger partial charge in [0.15, 0.2) is 11.5 Å².